The fourth-order valence-corrected chi connectivity index (χ4v) is 3.60. The topological polar surface area (TPSA) is 93.2 Å². The number of amides is 1. The molecule has 2 aliphatic rings. The summed E-state index contributed by atoms with van der Waals surface area (Å²) in [6.45, 7) is 0.672. The number of halogens is 1. The van der Waals surface area contributed by atoms with Crippen LogP contribution in [0.3, 0.4) is 0 Å². The molecular formula is C17H21ClN4O3. The predicted octanol–water partition coefficient (Wildman–Crippen LogP) is 2.05. The Morgan fingerprint density at radius 3 is 2.96 bits per heavy atom. The van der Waals surface area contributed by atoms with E-state index in [2.05, 4.69) is 15.4 Å². The van der Waals surface area contributed by atoms with E-state index in [1.165, 1.54) is 19.1 Å². The number of aliphatic hydroxyl groups is 1. The summed E-state index contributed by atoms with van der Waals surface area (Å²) in [4.78, 5) is 16.6. The van der Waals surface area contributed by atoms with Crippen LogP contribution in [0.25, 0.3) is 0 Å². The van der Waals surface area contributed by atoms with Gasteiger partial charge in [-0.15, -0.1) is 0 Å². The average Bonchev–Trinajstić information content (AvgIpc) is 2.93. The van der Waals surface area contributed by atoms with E-state index in [0.29, 0.717) is 36.2 Å². The second-order valence-electron chi connectivity index (χ2n) is 7.14. The number of hydrogen-bond acceptors (Lipinski definition) is 5. The maximum Gasteiger partial charge on any atom is 0.273 e. The Morgan fingerprint density at radius 1 is 1.40 bits per heavy atom. The van der Waals surface area contributed by atoms with Gasteiger partial charge in [0.2, 0.25) is 0 Å². The van der Waals surface area contributed by atoms with Gasteiger partial charge in [-0.25, -0.2) is 4.98 Å². The molecule has 134 valence electrons. The van der Waals surface area contributed by atoms with Gasteiger partial charge in [0.15, 0.2) is 11.6 Å². The van der Waals surface area contributed by atoms with E-state index in [-0.39, 0.29) is 23.6 Å². The van der Waals surface area contributed by atoms with Crippen molar-refractivity contribution in [3.63, 3.8) is 0 Å². The van der Waals surface area contributed by atoms with Crippen molar-refractivity contribution in [1.82, 2.24) is 20.1 Å². The lowest BCUT2D eigenvalue weighted by molar-refractivity contribution is 0.0868. The molecule has 0 radical (unpaired) electrons. The summed E-state index contributed by atoms with van der Waals surface area (Å²) in [5.74, 6) is 1.22. The van der Waals surface area contributed by atoms with Crippen molar-refractivity contribution in [3.8, 4) is 0 Å². The van der Waals surface area contributed by atoms with Crippen LogP contribution in [0.1, 0.15) is 42.1 Å². The summed E-state index contributed by atoms with van der Waals surface area (Å²) in [6, 6.07) is -0.285. The molecule has 1 unspecified atom stereocenters. The maximum atomic E-state index is 12.3. The molecule has 0 aliphatic heterocycles. The first-order valence-electron chi connectivity index (χ1n) is 8.68. The highest BCUT2D eigenvalue weighted by atomic mass is 35.5. The quantitative estimate of drug-likeness (QED) is 0.818. The molecule has 2 heterocycles. The normalized spacial score (nSPS) is 26.1. The van der Waals surface area contributed by atoms with Crippen LogP contribution >= 0.6 is 11.6 Å². The number of carbonyl (C=O) groups is 1. The highest BCUT2D eigenvalue weighted by Gasteiger charge is 2.35. The Balaban J connectivity index is 1.32. The third-order valence-corrected chi connectivity index (χ3v) is 5.13. The van der Waals surface area contributed by atoms with E-state index in [4.69, 9.17) is 16.0 Å². The van der Waals surface area contributed by atoms with E-state index in [1.54, 1.807) is 17.1 Å². The van der Waals surface area contributed by atoms with Crippen molar-refractivity contribution in [2.24, 2.45) is 11.8 Å². The molecule has 2 aromatic rings. The number of nitrogens with one attached hydrogen (secondary N) is 1. The molecule has 2 saturated carbocycles. The summed E-state index contributed by atoms with van der Waals surface area (Å²) < 4.78 is 7.14. The van der Waals surface area contributed by atoms with Crippen LogP contribution in [0.5, 0.6) is 0 Å². The SMILES string of the molecule is O=C(N[C@@H]1CC(Cn2cc(Cl)cn2)C[C@H]1O)c1coc(CC2CC2)n1. The summed E-state index contributed by atoms with van der Waals surface area (Å²) in [7, 11) is 0. The van der Waals surface area contributed by atoms with E-state index >= 15 is 0 Å². The zero-order valence-electron chi connectivity index (χ0n) is 13.8. The minimum absolute atomic E-state index is 0.235. The van der Waals surface area contributed by atoms with Crippen LogP contribution in [-0.4, -0.2) is 37.9 Å². The van der Waals surface area contributed by atoms with Gasteiger partial charge in [0, 0.05) is 19.2 Å². The highest BCUT2D eigenvalue weighted by molar-refractivity contribution is 6.30. The lowest BCUT2D eigenvalue weighted by Crippen LogP contribution is -2.40. The lowest BCUT2D eigenvalue weighted by Gasteiger charge is -2.15. The largest absolute Gasteiger partial charge is 0.448 e. The van der Waals surface area contributed by atoms with Crippen molar-refractivity contribution < 1.29 is 14.3 Å². The third kappa shape index (κ3) is 4.04. The second-order valence-corrected chi connectivity index (χ2v) is 7.58. The van der Waals surface area contributed by atoms with Gasteiger partial charge >= 0.3 is 0 Å². The molecule has 0 aromatic carbocycles. The zero-order chi connectivity index (χ0) is 17.4. The lowest BCUT2D eigenvalue weighted by atomic mass is 10.1. The predicted molar refractivity (Wildman–Crippen MR) is 90.2 cm³/mol. The molecule has 0 spiro atoms. The fraction of sp³-hybridized carbons (Fsp3) is 0.588. The zero-order valence-corrected chi connectivity index (χ0v) is 14.5. The van der Waals surface area contributed by atoms with Gasteiger partial charge in [-0.05, 0) is 37.5 Å². The fourth-order valence-electron chi connectivity index (χ4n) is 3.45. The van der Waals surface area contributed by atoms with Gasteiger partial charge in [-0.3, -0.25) is 9.48 Å². The first-order valence-corrected chi connectivity index (χ1v) is 9.06. The van der Waals surface area contributed by atoms with Crippen LogP contribution in [-0.2, 0) is 13.0 Å². The number of carbonyl (C=O) groups excluding carboxylic acids is 1. The monoisotopic (exact) mass is 364 g/mol. The molecule has 3 atom stereocenters. The Bertz CT molecular complexity index is 755. The molecule has 4 rings (SSSR count). The molecule has 2 N–H and O–H groups in total. The molecule has 1 amide bonds. The van der Waals surface area contributed by atoms with Crippen LogP contribution in [0.15, 0.2) is 23.1 Å². The van der Waals surface area contributed by atoms with Gasteiger partial charge in [0.1, 0.15) is 6.26 Å². The standard InChI is InChI=1S/C17H21ClN4O3/c18-12-6-19-22(8-12)7-11-3-13(15(23)4-11)21-17(24)14-9-25-16(20-14)5-10-1-2-10/h6,8-11,13,15,23H,1-5,7H2,(H,21,24)/t11?,13-,15-/m1/s1. The van der Waals surface area contributed by atoms with Gasteiger partial charge in [-0.2, -0.15) is 5.10 Å². The molecule has 2 aliphatic carbocycles. The molecular weight excluding hydrogens is 344 g/mol. The molecule has 0 bridgehead atoms. The first-order chi connectivity index (χ1) is 12.1. The molecule has 7 nitrogen and oxygen atoms in total. The van der Waals surface area contributed by atoms with Gasteiger partial charge in [0.25, 0.3) is 5.91 Å². The van der Waals surface area contributed by atoms with Gasteiger partial charge < -0.3 is 14.8 Å². The second kappa shape index (κ2) is 6.80. The number of nitrogens with zero attached hydrogens (tertiary/aromatic N) is 3. The Hall–Kier alpha value is -1.86. The third-order valence-electron chi connectivity index (χ3n) is 4.93. The summed E-state index contributed by atoms with van der Waals surface area (Å²) in [5.41, 5.74) is 0.283. The minimum Gasteiger partial charge on any atom is -0.448 e. The first kappa shape index (κ1) is 16.6. The van der Waals surface area contributed by atoms with Crippen molar-refractivity contribution in [3.05, 3.63) is 35.3 Å². The van der Waals surface area contributed by atoms with Crippen molar-refractivity contribution >= 4 is 17.5 Å². The smallest absolute Gasteiger partial charge is 0.273 e. The minimum atomic E-state index is -0.571. The Labute approximate surface area is 150 Å². The number of rotatable bonds is 6. The van der Waals surface area contributed by atoms with Crippen molar-refractivity contribution in [1.29, 1.82) is 0 Å². The van der Waals surface area contributed by atoms with E-state index in [0.717, 1.165) is 6.42 Å². The van der Waals surface area contributed by atoms with E-state index in [9.17, 15) is 9.90 Å². The number of hydrogen-bond donors (Lipinski definition) is 2. The van der Waals surface area contributed by atoms with Crippen LogP contribution < -0.4 is 5.32 Å². The molecule has 2 aromatic heterocycles. The number of aliphatic hydroxyl groups excluding tert-OH is 1. The van der Waals surface area contributed by atoms with Crippen LogP contribution in [0, 0.1) is 11.8 Å². The number of aromatic nitrogens is 3. The van der Waals surface area contributed by atoms with Crippen molar-refractivity contribution in [2.45, 2.75) is 50.8 Å². The van der Waals surface area contributed by atoms with Gasteiger partial charge in [-0.1, -0.05) is 11.6 Å². The van der Waals surface area contributed by atoms with Crippen LogP contribution in [0.2, 0.25) is 5.02 Å². The summed E-state index contributed by atoms with van der Waals surface area (Å²) in [5, 5.41) is 17.9. The van der Waals surface area contributed by atoms with E-state index < -0.39 is 6.10 Å². The summed E-state index contributed by atoms with van der Waals surface area (Å²) >= 11 is 5.87. The molecule has 2 fully saturated rings. The average molecular weight is 365 g/mol. The maximum absolute atomic E-state index is 12.3. The Morgan fingerprint density at radius 2 is 2.24 bits per heavy atom. The van der Waals surface area contributed by atoms with Crippen molar-refractivity contribution in [2.75, 3.05) is 0 Å². The molecule has 8 heteroatoms. The van der Waals surface area contributed by atoms with Gasteiger partial charge in [0.05, 0.1) is 23.4 Å². The highest BCUT2D eigenvalue weighted by Crippen LogP contribution is 2.32. The molecule has 0 saturated heterocycles. The Kier molecular flexibility index (Phi) is 4.52. The summed E-state index contributed by atoms with van der Waals surface area (Å²) in [6.07, 6.45) is 8.71. The van der Waals surface area contributed by atoms with E-state index in [1.807, 2.05) is 0 Å². The molecule has 25 heavy (non-hydrogen) atoms. The number of oxazole rings is 1. The van der Waals surface area contributed by atoms with Crippen LogP contribution in [0.4, 0.5) is 0 Å².